The predicted octanol–water partition coefficient (Wildman–Crippen LogP) is 4.28. The van der Waals surface area contributed by atoms with Crippen LogP contribution in [0, 0.1) is 0 Å². The standard InChI is InChI=1S/C25H28N4O3S/c1-3-31-21-12-18-11-16(2)32-22(18)13-19(21)14-26-23(30)15-33-25-28-27-24(17-9-10-17)29(25)20-7-5-4-6-8-20/h4-8,12-13,16-17H,3,9-11,14-15H2,1-2H3,(H,26,30). The van der Waals surface area contributed by atoms with Gasteiger partial charge < -0.3 is 14.8 Å². The second-order valence-electron chi connectivity index (χ2n) is 8.48. The van der Waals surface area contributed by atoms with E-state index in [1.54, 1.807) is 0 Å². The van der Waals surface area contributed by atoms with E-state index >= 15 is 0 Å². The van der Waals surface area contributed by atoms with E-state index in [-0.39, 0.29) is 17.8 Å². The average Bonchev–Trinajstić information content (AvgIpc) is 3.47. The van der Waals surface area contributed by atoms with Crippen LogP contribution in [-0.2, 0) is 17.8 Å². The minimum absolute atomic E-state index is 0.0622. The normalized spacial score (nSPS) is 16.8. The van der Waals surface area contributed by atoms with Crippen LogP contribution in [0.4, 0.5) is 0 Å². The van der Waals surface area contributed by atoms with Gasteiger partial charge in [-0.2, -0.15) is 0 Å². The number of nitrogens with zero attached hydrogens (tertiary/aromatic N) is 3. The highest BCUT2D eigenvalue weighted by molar-refractivity contribution is 7.99. The van der Waals surface area contributed by atoms with Crippen molar-refractivity contribution < 1.29 is 14.3 Å². The Morgan fingerprint density at radius 2 is 2.06 bits per heavy atom. The van der Waals surface area contributed by atoms with E-state index in [1.165, 1.54) is 11.8 Å². The van der Waals surface area contributed by atoms with Crippen LogP contribution in [0.3, 0.4) is 0 Å². The fourth-order valence-electron chi connectivity index (χ4n) is 4.08. The summed E-state index contributed by atoms with van der Waals surface area (Å²) in [6.45, 7) is 4.98. The Morgan fingerprint density at radius 1 is 1.24 bits per heavy atom. The van der Waals surface area contributed by atoms with Gasteiger partial charge in [-0.25, -0.2) is 0 Å². The highest BCUT2D eigenvalue weighted by atomic mass is 32.2. The Hall–Kier alpha value is -3.00. The first kappa shape index (κ1) is 21.8. The summed E-state index contributed by atoms with van der Waals surface area (Å²) in [4.78, 5) is 12.7. The largest absolute Gasteiger partial charge is 0.494 e. The molecule has 2 aromatic carbocycles. The zero-order valence-electron chi connectivity index (χ0n) is 18.9. The van der Waals surface area contributed by atoms with Crippen LogP contribution in [0.1, 0.15) is 49.6 Å². The Balaban J connectivity index is 1.25. The van der Waals surface area contributed by atoms with Crippen molar-refractivity contribution in [3.05, 3.63) is 59.4 Å². The van der Waals surface area contributed by atoms with Crippen molar-refractivity contribution >= 4 is 17.7 Å². The molecule has 0 spiro atoms. The Kier molecular flexibility index (Phi) is 6.26. The van der Waals surface area contributed by atoms with Gasteiger partial charge in [0.15, 0.2) is 5.16 Å². The number of thioether (sulfide) groups is 1. The van der Waals surface area contributed by atoms with Gasteiger partial charge in [0.2, 0.25) is 5.91 Å². The highest BCUT2D eigenvalue weighted by Crippen LogP contribution is 2.41. The quantitative estimate of drug-likeness (QED) is 0.477. The van der Waals surface area contributed by atoms with Crippen molar-refractivity contribution in [2.24, 2.45) is 0 Å². The number of ether oxygens (including phenoxy) is 2. The maximum atomic E-state index is 12.7. The first-order valence-electron chi connectivity index (χ1n) is 11.5. The molecule has 1 unspecified atom stereocenters. The van der Waals surface area contributed by atoms with E-state index in [9.17, 15) is 4.79 Å². The maximum Gasteiger partial charge on any atom is 0.230 e. The molecule has 1 aliphatic heterocycles. The van der Waals surface area contributed by atoms with Gasteiger partial charge in [-0.1, -0.05) is 30.0 Å². The summed E-state index contributed by atoms with van der Waals surface area (Å²) in [6, 6.07) is 14.1. The molecule has 172 valence electrons. The third-order valence-electron chi connectivity index (χ3n) is 5.80. The molecular formula is C25H28N4O3S. The summed E-state index contributed by atoms with van der Waals surface area (Å²) >= 11 is 1.41. The molecule has 33 heavy (non-hydrogen) atoms. The average molecular weight is 465 g/mol. The molecule has 0 radical (unpaired) electrons. The van der Waals surface area contributed by atoms with Gasteiger partial charge >= 0.3 is 0 Å². The third-order valence-corrected chi connectivity index (χ3v) is 6.73. The molecule has 0 saturated heterocycles. The van der Waals surface area contributed by atoms with Crippen LogP contribution in [-0.4, -0.2) is 39.1 Å². The molecule has 2 aliphatic rings. The summed E-state index contributed by atoms with van der Waals surface area (Å²) < 4.78 is 13.8. The topological polar surface area (TPSA) is 78.3 Å². The monoisotopic (exact) mass is 464 g/mol. The van der Waals surface area contributed by atoms with Gasteiger partial charge in [-0.3, -0.25) is 9.36 Å². The molecule has 1 aromatic heterocycles. The number of hydrogen-bond donors (Lipinski definition) is 1. The van der Waals surface area contributed by atoms with Gasteiger partial charge in [0, 0.05) is 35.7 Å². The van der Waals surface area contributed by atoms with Crippen molar-refractivity contribution in [1.29, 1.82) is 0 Å². The smallest absolute Gasteiger partial charge is 0.230 e. The van der Waals surface area contributed by atoms with Crippen molar-refractivity contribution in [3.63, 3.8) is 0 Å². The summed E-state index contributed by atoms with van der Waals surface area (Å²) in [5.41, 5.74) is 3.11. The molecular weight excluding hydrogens is 436 g/mol. The summed E-state index contributed by atoms with van der Waals surface area (Å²) in [5.74, 6) is 3.33. The summed E-state index contributed by atoms with van der Waals surface area (Å²) in [6.07, 6.45) is 3.32. The number of carbonyl (C=O) groups excluding carboxylic acids is 1. The first-order valence-corrected chi connectivity index (χ1v) is 12.5. The van der Waals surface area contributed by atoms with Crippen LogP contribution in [0.5, 0.6) is 11.5 Å². The SMILES string of the molecule is CCOc1cc2c(cc1CNC(=O)CSc1nnc(C3CC3)n1-c1ccccc1)OC(C)C2. The lowest BCUT2D eigenvalue weighted by Crippen LogP contribution is -2.25. The summed E-state index contributed by atoms with van der Waals surface area (Å²) in [7, 11) is 0. The van der Waals surface area contributed by atoms with E-state index in [1.807, 2.05) is 49.4 Å². The van der Waals surface area contributed by atoms with E-state index < -0.39 is 0 Å². The van der Waals surface area contributed by atoms with Crippen LogP contribution in [0.15, 0.2) is 47.6 Å². The van der Waals surface area contributed by atoms with E-state index in [0.29, 0.717) is 19.1 Å². The second-order valence-corrected chi connectivity index (χ2v) is 9.43. The van der Waals surface area contributed by atoms with Crippen LogP contribution >= 0.6 is 11.8 Å². The lowest BCUT2D eigenvalue weighted by atomic mass is 10.1. The number of para-hydroxylation sites is 1. The zero-order chi connectivity index (χ0) is 22.8. The molecule has 1 aliphatic carbocycles. The highest BCUT2D eigenvalue weighted by Gasteiger charge is 2.31. The molecule has 1 fully saturated rings. The molecule has 0 bridgehead atoms. The molecule has 8 heteroatoms. The first-order chi connectivity index (χ1) is 16.1. The van der Waals surface area contributed by atoms with Crippen LogP contribution in [0.25, 0.3) is 5.69 Å². The number of carbonyl (C=O) groups is 1. The number of aromatic nitrogens is 3. The Morgan fingerprint density at radius 3 is 2.82 bits per heavy atom. The molecule has 5 rings (SSSR count). The summed E-state index contributed by atoms with van der Waals surface area (Å²) in [5, 5.41) is 12.6. The van der Waals surface area contributed by atoms with Crippen molar-refractivity contribution in [3.8, 4) is 17.2 Å². The second kappa shape index (κ2) is 9.47. The number of nitrogens with one attached hydrogen (secondary N) is 1. The Bertz CT molecular complexity index is 1140. The van der Waals surface area contributed by atoms with Crippen molar-refractivity contribution in [2.45, 2.75) is 56.8 Å². The number of hydrogen-bond acceptors (Lipinski definition) is 6. The molecule has 1 N–H and O–H groups in total. The van der Waals surface area contributed by atoms with Gasteiger partial charge in [0.1, 0.15) is 23.4 Å². The fourth-order valence-corrected chi connectivity index (χ4v) is 4.87. The molecule has 3 aromatic rings. The fraction of sp³-hybridized carbons (Fsp3) is 0.400. The van der Waals surface area contributed by atoms with Gasteiger partial charge in [-0.05, 0) is 51.0 Å². The van der Waals surface area contributed by atoms with Gasteiger partial charge in [0.25, 0.3) is 0 Å². The van der Waals surface area contributed by atoms with E-state index in [4.69, 9.17) is 9.47 Å². The van der Waals surface area contributed by atoms with E-state index in [2.05, 4.69) is 27.0 Å². The number of benzene rings is 2. The lowest BCUT2D eigenvalue weighted by Gasteiger charge is -2.13. The third kappa shape index (κ3) is 4.85. The molecule has 1 atom stereocenters. The van der Waals surface area contributed by atoms with Gasteiger partial charge in [0.05, 0.1) is 12.4 Å². The molecule has 2 heterocycles. The number of amides is 1. The Labute approximate surface area is 197 Å². The zero-order valence-corrected chi connectivity index (χ0v) is 19.7. The number of rotatable bonds is 9. The molecule has 1 saturated carbocycles. The van der Waals surface area contributed by atoms with Crippen molar-refractivity contribution in [1.82, 2.24) is 20.1 Å². The minimum atomic E-state index is -0.0622. The van der Waals surface area contributed by atoms with Crippen molar-refractivity contribution in [2.75, 3.05) is 12.4 Å². The number of fused-ring (bicyclic) bond motifs is 1. The molecule has 1 amide bonds. The van der Waals surface area contributed by atoms with Gasteiger partial charge in [-0.15, -0.1) is 10.2 Å². The minimum Gasteiger partial charge on any atom is -0.494 e. The maximum absolute atomic E-state index is 12.7. The van der Waals surface area contributed by atoms with Crippen LogP contribution in [0.2, 0.25) is 0 Å². The van der Waals surface area contributed by atoms with E-state index in [0.717, 1.165) is 58.6 Å². The molecule has 7 nitrogen and oxygen atoms in total. The predicted molar refractivity (Wildman–Crippen MR) is 127 cm³/mol. The lowest BCUT2D eigenvalue weighted by molar-refractivity contribution is -0.118. The van der Waals surface area contributed by atoms with Crippen LogP contribution < -0.4 is 14.8 Å².